The third-order valence-electron chi connectivity index (χ3n) is 4.53. The number of hydrogen-bond donors (Lipinski definition) is 2. The fraction of sp³-hybridized carbons (Fsp3) is 0.182. The van der Waals surface area contributed by atoms with Crippen LogP contribution in [0, 0.1) is 5.82 Å². The Hall–Kier alpha value is -2.51. The van der Waals surface area contributed by atoms with E-state index in [1.165, 1.54) is 12.1 Å². The molecule has 2 heterocycles. The second-order valence-electron chi connectivity index (χ2n) is 6.63. The van der Waals surface area contributed by atoms with E-state index in [2.05, 4.69) is 15.6 Å². The van der Waals surface area contributed by atoms with E-state index < -0.39 is 0 Å². The van der Waals surface area contributed by atoms with E-state index in [9.17, 15) is 9.18 Å². The Morgan fingerprint density at radius 2 is 2.10 bits per heavy atom. The molecule has 0 spiro atoms. The van der Waals surface area contributed by atoms with Gasteiger partial charge in [0.15, 0.2) is 0 Å². The summed E-state index contributed by atoms with van der Waals surface area (Å²) in [5.74, 6) is 1.38. The third kappa shape index (κ3) is 5.31. The molecule has 0 fully saturated rings. The molecule has 2 N–H and O–H groups in total. The van der Waals surface area contributed by atoms with Gasteiger partial charge < -0.3 is 10.6 Å². The molecule has 148 valence electrons. The number of nitrogens with zero attached hydrogens (tertiary/aromatic N) is 1. The minimum absolute atomic E-state index is 0.190. The molecule has 29 heavy (non-hydrogen) atoms. The van der Waals surface area contributed by atoms with Gasteiger partial charge in [-0.1, -0.05) is 18.2 Å². The lowest BCUT2D eigenvalue weighted by atomic mass is 10.0. The molecule has 3 aromatic rings. The van der Waals surface area contributed by atoms with E-state index in [0.717, 1.165) is 44.7 Å². The number of carbonyl (C=O) groups excluding carboxylic acids is 1. The van der Waals surface area contributed by atoms with Crippen molar-refractivity contribution in [2.75, 3.05) is 11.1 Å². The summed E-state index contributed by atoms with van der Waals surface area (Å²) in [4.78, 5) is 17.9. The van der Waals surface area contributed by atoms with Gasteiger partial charge in [-0.3, -0.25) is 0 Å². The predicted molar refractivity (Wildman–Crippen MR) is 117 cm³/mol. The molecule has 0 aliphatic carbocycles. The minimum Gasteiger partial charge on any atom is -0.331 e. The number of urea groups is 1. The van der Waals surface area contributed by atoms with Gasteiger partial charge in [0.05, 0.1) is 11.1 Å². The van der Waals surface area contributed by atoms with Gasteiger partial charge in [-0.2, -0.15) is 0 Å². The van der Waals surface area contributed by atoms with E-state index in [0.29, 0.717) is 0 Å². The van der Waals surface area contributed by atoms with Crippen molar-refractivity contribution in [3.8, 4) is 0 Å². The minimum atomic E-state index is -0.286. The first-order chi connectivity index (χ1) is 14.2. The van der Waals surface area contributed by atoms with Crippen LogP contribution in [0.2, 0.25) is 0 Å². The smallest absolute Gasteiger partial charge is 0.319 e. The van der Waals surface area contributed by atoms with Crippen LogP contribution >= 0.6 is 23.5 Å². The van der Waals surface area contributed by atoms with Crippen LogP contribution in [0.25, 0.3) is 0 Å². The first kappa shape index (κ1) is 19.8. The van der Waals surface area contributed by atoms with Crippen molar-refractivity contribution in [3.05, 3.63) is 83.8 Å². The Morgan fingerprint density at radius 3 is 2.97 bits per heavy atom. The van der Waals surface area contributed by atoms with Crippen molar-refractivity contribution in [1.29, 1.82) is 0 Å². The average Bonchev–Trinajstić information content (AvgIpc) is 2.74. The fourth-order valence-electron chi connectivity index (χ4n) is 3.17. The molecule has 2 amide bonds. The molecule has 4 nitrogen and oxygen atoms in total. The van der Waals surface area contributed by atoms with E-state index >= 15 is 0 Å². The monoisotopic (exact) mass is 425 g/mol. The quantitative estimate of drug-likeness (QED) is 0.502. The lowest BCUT2D eigenvalue weighted by Gasteiger charge is -2.26. The van der Waals surface area contributed by atoms with Crippen molar-refractivity contribution in [3.63, 3.8) is 0 Å². The number of fused-ring (bicyclic) bond motifs is 1. The van der Waals surface area contributed by atoms with Gasteiger partial charge in [0.1, 0.15) is 5.82 Å². The summed E-state index contributed by atoms with van der Waals surface area (Å²) in [6, 6.07) is 17.9. The molecule has 0 radical (unpaired) electrons. The normalized spacial score (nSPS) is 15.4. The molecule has 1 aliphatic heterocycles. The Bertz CT molecular complexity index is 1000. The van der Waals surface area contributed by atoms with Crippen molar-refractivity contribution in [1.82, 2.24) is 10.3 Å². The standard InChI is InChI=1S/C22H20FN3OS2/c23-16-7-8-20-18(13-16)19(9-11-28-20)26-22(27)25-17-5-3-4-15(12-17)14-29-21-6-1-2-10-24-21/h1-8,10,12-13,19H,9,11,14H2,(H2,25,26,27). The summed E-state index contributed by atoms with van der Waals surface area (Å²) in [6.45, 7) is 0. The number of pyridine rings is 1. The van der Waals surface area contributed by atoms with Crippen LogP contribution in [0.4, 0.5) is 14.9 Å². The van der Waals surface area contributed by atoms with Gasteiger partial charge in [-0.05, 0) is 60.0 Å². The summed E-state index contributed by atoms with van der Waals surface area (Å²) >= 11 is 3.34. The summed E-state index contributed by atoms with van der Waals surface area (Å²) in [5, 5.41) is 6.84. The van der Waals surface area contributed by atoms with Gasteiger partial charge in [-0.25, -0.2) is 14.2 Å². The highest BCUT2D eigenvalue weighted by Crippen LogP contribution is 2.36. The average molecular weight is 426 g/mol. The maximum Gasteiger partial charge on any atom is 0.319 e. The number of rotatable bonds is 5. The maximum atomic E-state index is 13.6. The zero-order valence-electron chi connectivity index (χ0n) is 15.6. The second kappa shape index (κ2) is 9.33. The molecule has 1 aromatic heterocycles. The van der Waals surface area contributed by atoms with Gasteiger partial charge in [0, 0.05) is 28.3 Å². The number of amides is 2. The number of thioether (sulfide) groups is 2. The van der Waals surface area contributed by atoms with Crippen molar-refractivity contribution in [2.24, 2.45) is 0 Å². The van der Waals surface area contributed by atoms with Crippen LogP contribution in [0.1, 0.15) is 23.6 Å². The van der Waals surface area contributed by atoms with E-state index in [-0.39, 0.29) is 17.9 Å². The Kier molecular flexibility index (Phi) is 6.36. The highest BCUT2D eigenvalue weighted by molar-refractivity contribution is 7.99. The van der Waals surface area contributed by atoms with Gasteiger partial charge in [0.25, 0.3) is 0 Å². The lowest BCUT2D eigenvalue weighted by molar-refractivity contribution is 0.248. The second-order valence-corrected chi connectivity index (χ2v) is 8.76. The highest BCUT2D eigenvalue weighted by Gasteiger charge is 2.23. The number of halogens is 1. The van der Waals surface area contributed by atoms with E-state index in [1.807, 2.05) is 42.5 Å². The molecule has 2 aromatic carbocycles. The molecule has 1 aliphatic rings. The van der Waals surface area contributed by atoms with Crippen LogP contribution in [0.3, 0.4) is 0 Å². The van der Waals surface area contributed by atoms with Gasteiger partial charge in [0.2, 0.25) is 0 Å². The molecule has 1 atom stereocenters. The third-order valence-corrected chi connectivity index (χ3v) is 6.66. The summed E-state index contributed by atoms with van der Waals surface area (Å²) in [6.07, 6.45) is 2.55. The van der Waals surface area contributed by atoms with Gasteiger partial charge >= 0.3 is 6.03 Å². The zero-order chi connectivity index (χ0) is 20.1. The maximum absolute atomic E-state index is 13.6. The number of anilines is 1. The Labute approximate surface area is 177 Å². The van der Waals surface area contributed by atoms with Crippen LogP contribution in [-0.4, -0.2) is 16.8 Å². The first-order valence-electron chi connectivity index (χ1n) is 9.30. The molecule has 0 saturated heterocycles. The molecule has 0 bridgehead atoms. The number of hydrogen-bond acceptors (Lipinski definition) is 4. The topological polar surface area (TPSA) is 54.0 Å². The molecule has 4 rings (SSSR count). The van der Waals surface area contributed by atoms with Crippen molar-refractivity contribution in [2.45, 2.75) is 28.1 Å². The fourth-order valence-corrected chi connectivity index (χ4v) is 5.08. The van der Waals surface area contributed by atoms with Crippen LogP contribution in [-0.2, 0) is 5.75 Å². The van der Waals surface area contributed by atoms with Crippen molar-refractivity contribution >= 4 is 35.2 Å². The molecular weight excluding hydrogens is 405 g/mol. The summed E-state index contributed by atoms with van der Waals surface area (Å²) in [5.41, 5.74) is 2.67. The Balaban J connectivity index is 1.37. The number of nitrogens with one attached hydrogen (secondary N) is 2. The number of aromatic nitrogens is 1. The molecular formula is C22H20FN3OS2. The van der Waals surface area contributed by atoms with E-state index in [1.54, 1.807) is 35.8 Å². The lowest BCUT2D eigenvalue weighted by Crippen LogP contribution is -2.34. The van der Waals surface area contributed by atoms with Crippen molar-refractivity contribution < 1.29 is 9.18 Å². The molecule has 0 saturated carbocycles. The molecule has 7 heteroatoms. The van der Waals surface area contributed by atoms with Gasteiger partial charge in [-0.15, -0.1) is 23.5 Å². The van der Waals surface area contributed by atoms with Crippen LogP contribution in [0.5, 0.6) is 0 Å². The number of carbonyl (C=O) groups is 1. The van der Waals surface area contributed by atoms with Crippen LogP contribution in [0.15, 0.2) is 76.8 Å². The zero-order valence-corrected chi connectivity index (χ0v) is 17.2. The van der Waals surface area contributed by atoms with Crippen LogP contribution < -0.4 is 10.6 Å². The number of benzene rings is 2. The first-order valence-corrected chi connectivity index (χ1v) is 11.3. The predicted octanol–water partition coefficient (Wildman–Crippen LogP) is 5.87. The largest absolute Gasteiger partial charge is 0.331 e. The summed E-state index contributed by atoms with van der Waals surface area (Å²) in [7, 11) is 0. The Morgan fingerprint density at radius 1 is 1.17 bits per heavy atom. The SMILES string of the molecule is O=C(Nc1cccc(CSc2ccccn2)c1)NC1CCSc2ccc(F)cc21. The highest BCUT2D eigenvalue weighted by atomic mass is 32.2. The molecule has 1 unspecified atom stereocenters. The van der Waals surface area contributed by atoms with E-state index in [4.69, 9.17) is 0 Å². The summed E-state index contributed by atoms with van der Waals surface area (Å²) < 4.78 is 13.6.